The maximum atomic E-state index is 11.6. The highest BCUT2D eigenvalue weighted by Crippen LogP contribution is 2.50. The van der Waals surface area contributed by atoms with E-state index < -0.39 is 11.4 Å². The first kappa shape index (κ1) is 13.2. The number of carbonyl (C=O) groups is 1. The zero-order valence-corrected chi connectivity index (χ0v) is 11.6. The number of methoxy groups -OCH3 is 1. The van der Waals surface area contributed by atoms with Gasteiger partial charge in [-0.05, 0) is 49.4 Å². The molecule has 0 saturated heterocycles. The van der Waals surface area contributed by atoms with Gasteiger partial charge in [0.1, 0.15) is 5.75 Å². The summed E-state index contributed by atoms with van der Waals surface area (Å²) >= 11 is 6.29. The van der Waals surface area contributed by atoms with Gasteiger partial charge in [0.25, 0.3) is 0 Å². The molecular weight excluding hydrogens is 252 g/mol. The lowest BCUT2D eigenvalue weighted by molar-refractivity contribution is -0.147. The number of hydrogen-bond donors (Lipinski definition) is 1. The average molecular weight is 269 g/mol. The molecule has 98 valence electrons. The van der Waals surface area contributed by atoms with Crippen LogP contribution in [0.15, 0.2) is 6.07 Å². The van der Waals surface area contributed by atoms with E-state index in [0.717, 1.165) is 28.9 Å². The Hall–Kier alpha value is -1.22. The van der Waals surface area contributed by atoms with Crippen molar-refractivity contribution in [1.29, 1.82) is 0 Å². The van der Waals surface area contributed by atoms with Crippen molar-refractivity contribution in [2.24, 2.45) is 0 Å². The molecule has 4 heteroatoms. The van der Waals surface area contributed by atoms with Gasteiger partial charge in [0.15, 0.2) is 0 Å². The molecule has 0 bridgehead atoms. The van der Waals surface area contributed by atoms with E-state index >= 15 is 0 Å². The van der Waals surface area contributed by atoms with Gasteiger partial charge in [-0.1, -0.05) is 18.0 Å². The number of benzene rings is 1. The van der Waals surface area contributed by atoms with Crippen LogP contribution in [0.5, 0.6) is 5.75 Å². The summed E-state index contributed by atoms with van der Waals surface area (Å²) in [4.78, 5) is 11.6. The van der Waals surface area contributed by atoms with Gasteiger partial charge in [-0.15, -0.1) is 0 Å². The van der Waals surface area contributed by atoms with Crippen LogP contribution in [0.2, 0.25) is 5.02 Å². The van der Waals surface area contributed by atoms with Crippen LogP contribution in [0.1, 0.15) is 36.0 Å². The first-order valence-corrected chi connectivity index (χ1v) is 6.39. The number of hydrogen-bond acceptors (Lipinski definition) is 2. The van der Waals surface area contributed by atoms with Crippen LogP contribution in [0.25, 0.3) is 0 Å². The molecule has 0 radical (unpaired) electrons. The van der Waals surface area contributed by atoms with Crippen molar-refractivity contribution in [3.05, 3.63) is 27.8 Å². The van der Waals surface area contributed by atoms with E-state index in [-0.39, 0.29) is 0 Å². The number of carboxylic acids is 1. The Morgan fingerprint density at radius 2 is 2.06 bits per heavy atom. The number of aryl methyl sites for hydroxylation is 1. The van der Waals surface area contributed by atoms with Gasteiger partial charge in [-0.2, -0.15) is 0 Å². The lowest BCUT2D eigenvalue weighted by Crippen LogP contribution is -2.43. The van der Waals surface area contributed by atoms with Crippen molar-refractivity contribution in [2.45, 2.75) is 38.5 Å². The number of aliphatic carboxylic acids is 1. The monoisotopic (exact) mass is 268 g/mol. The summed E-state index contributed by atoms with van der Waals surface area (Å²) in [6, 6.07) is 1.80. The Morgan fingerprint density at radius 1 is 1.44 bits per heavy atom. The number of halogens is 1. The smallest absolute Gasteiger partial charge is 0.314 e. The molecular formula is C14H17ClO3. The fourth-order valence-corrected chi connectivity index (χ4v) is 3.41. The van der Waals surface area contributed by atoms with Gasteiger partial charge >= 0.3 is 5.97 Å². The standard InChI is InChI=1S/C14H17ClO3/c1-8-7-10(15)11(9(2)12(8)18-3)14(13(16)17)5-4-6-14/h7H,4-6H2,1-3H3,(H,16,17). The molecule has 0 aliphatic heterocycles. The minimum absolute atomic E-state index is 0.535. The van der Waals surface area contributed by atoms with Crippen LogP contribution >= 0.6 is 11.6 Å². The molecule has 1 aromatic rings. The van der Waals surface area contributed by atoms with Crippen LogP contribution in [0.4, 0.5) is 0 Å². The van der Waals surface area contributed by atoms with Crippen molar-refractivity contribution < 1.29 is 14.6 Å². The number of carboxylic acid groups (broad SMARTS) is 1. The van der Waals surface area contributed by atoms with Crippen molar-refractivity contribution in [2.75, 3.05) is 7.11 Å². The summed E-state index contributed by atoms with van der Waals surface area (Å²) < 4.78 is 5.36. The molecule has 3 nitrogen and oxygen atoms in total. The van der Waals surface area contributed by atoms with Crippen LogP contribution in [-0.2, 0) is 10.2 Å². The Kier molecular flexibility index (Phi) is 3.28. The topological polar surface area (TPSA) is 46.5 Å². The summed E-state index contributed by atoms with van der Waals surface area (Å²) in [6.07, 6.45) is 2.22. The molecule has 0 heterocycles. The summed E-state index contributed by atoms with van der Waals surface area (Å²) in [5.74, 6) is -0.0495. The molecule has 1 aliphatic rings. The molecule has 0 aromatic heterocycles. The lowest BCUT2D eigenvalue weighted by atomic mass is 9.63. The van der Waals surface area contributed by atoms with E-state index in [2.05, 4.69) is 0 Å². The molecule has 18 heavy (non-hydrogen) atoms. The first-order chi connectivity index (χ1) is 8.44. The summed E-state index contributed by atoms with van der Waals surface area (Å²) in [7, 11) is 1.60. The molecule has 1 fully saturated rings. The predicted octanol–water partition coefficient (Wildman–Crippen LogP) is 3.47. The third-order valence-electron chi connectivity index (χ3n) is 3.95. The molecule has 2 rings (SSSR count). The van der Waals surface area contributed by atoms with Gasteiger partial charge in [-0.3, -0.25) is 4.79 Å². The number of ether oxygens (including phenoxy) is 1. The zero-order chi connectivity index (χ0) is 13.5. The SMILES string of the molecule is COc1c(C)cc(Cl)c(C2(C(=O)O)CCC2)c1C. The Morgan fingerprint density at radius 3 is 2.44 bits per heavy atom. The van der Waals surface area contributed by atoms with Gasteiger partial charge in [-0.25, -0.2) is 0 Å². The minimum Gasteiger partial charge on any atom is -0.496 e. The second-order valence-corrected chi connectivity index (χ2v) is 5.36. The van der Waals surface area contributed by atoms with Crippen LogP contribution in [-0.4, -0.2) is 18.2 Å². The quantitative estimate of drug-likeness (QED) is 0.913. The molecule has 1 aromatic carbocycles. The molecule has 1 saturated carbocycles. The third kappa shape index (κ3) is 1.69. The zero-order valence-electron chi connectivity index (χ0n) is 10.8. The second kappa shape index (κ2) is 4.47. The largest absolute Gasteiger partial charge is 0.496 e. The number of rotatable bonds is 3. The minimum atomic E-state index is -0.817. The Balaban J connectivity index is 2.67. The van der Waals surface area contributed by atoms with Crippen molar-refractivity contribution in [1.82, 2.24) is 0 Å². The highest BCUT2D eigenvalue weighted by Gasteiger charge is 2.48. The van der Waals surface area contributed by atoms with Crippen LogP contribution in [0.3, 0.4) is 0 Å². The van der Waals surface area contributed by atoms with E-state index in [9.17, 15) is 9.90 Å². The Labute approximate surface area is 112 Å². The first-order valence-electron chi connectivity index (χ1n) is 6.01. The fourth-order valence-electron chi connectivity index (χ4n) is 2.92. The van der Waals surface area contributed by atoms with E-state index in [0.29, 0.717) is 17.9 Å². The predicted molar refractivity (Wildman–Crippen MR) is 70.6 cm³/mol. The van der Waals surface area contributed by atoms with Gasteiger partial charge < -0.3 is 9.84 Å². The Bertz CT molecular complexity index is 504. The third-order valence-corrected chi connectivity index (χ3v) is 4.25. The molecule has 1 aliphatic carbocycles. The molecule has 0 atom stereocenters. The maximum absolute atomic E-state index is 11.6. The van der Waals surface area contributed by atoms with Gasteiger partial charge in [0, 0.05) is 5.02 Å². The van der Waals surface area contributed by atoms with E-state index in [1.165, 1.54) is 0 Å². The normalized spacial score (nSPS) is 17.1. The fraction of sp³-hybridized carbons (Fsp3) is 0.500. The van der Waals surface area contributed by atoms with E-state index in [1.54, 1.807) is 13.2 Å². The van der Waals surface area contributed by atoms with Crippen LogP contribution in [0, 0.1) is 13.8 Å². The molecule has 0 unspecified atom stereocenters. The van der Waals surface area contributed by atoms with Gasteiger partial charge in [0.05, 0.1) is 12.5 Å². The van der Waals surface area contributed by atoms with E-state index in [1.807, 2.05) is 13.8 Å². The highest BCUT2D eigenvalue weighted by atomic mass is 35.5. The summed E-state index contributed by atoms with van der Waals surface area (Å²) in [5.41, 5.74) is 1.70. The average Bonchev–Trinajstić information content (AvgIpc) is 2.20. The van der Waals surface area contributed by atoms with Crippen LogP contribution < -0.4 is 4.74 Å². The molecule has 0 amide bonds. The highest BCUT2D eigenvalue weighted by molar-refractivity contribution is 6.32. The van der Waals surface area contributed by atoms with Crippen molar-refractivity contribution in [3.63, 3.8) is 0 Å². The second-order valence-electron chi connectivity index (χ2n) is 4.95. The molecule has 1 N–H and O–H groups in total. The van der Waals surface area contributed by atoms with E-state index in [4.69, 9.17) is 16.3 Å². The van der Waals surface area contributed by atoms with Gasteiger partial charge in [0.2, 0.25) is 0 Å². The summed E-state index contributed by atoms with van der Waals surface area (Å²) in [6.45, 7) is 3.80. The lowest BCUT2D eigenvalue weighted by Gasteiger charge is -2.40. The maximum Gasteiger partial charge on any atom is 0.314 e. The molecule has 0 spiro atoms. The van der Waals surface area contributed by atoms with Crippen molar-refractivity contribution in [3.8, 4) is 5.75 Å². The summed E-state index contributed by atoms with van der Waals surface area (Å²) in [5, 5.41) is 10.1. The van der Waals surface area contributed by atoms with Crippen molar-refractivity contribution >= 4 is 17.6 Å².